The number of hydrogen-bond acceptors (Lipinski definition) is 4. The Hall–Kier alpha value is -2.99. The SMILES string of the molecule is CC(OC1OCCC(C2CC(O)CCN2Cc2ccccc2)C1c1ccc(F)cc1)c1cc(C(F)(F)F)cc(C(F)(F)F)c1. The first-order valence-electron chi connectivity index (χ1n) is 14.6. The van der Waals surface area contributed by atoms with Crippen molar-refractivity contribution in [2.24, 2.45) is 5.92 Å². The first kappa shape index (κ1) is 32.4. The highest BCUT2D eigenvalue weighted by molar-refractivity contribution is 5.35. The number of alkyl halides is 6. The van der Waals surface area contributed by atoms with E-state index in [1.165, 1.54) is 19.1 Å². The molecule has 44 heavy (non-hydrogen) atoms. The monoisotopic (exact) mass is 625 g/mol. The van der Waals surface area contributed by atoms with Crippen molar-refractivity contribution in [3.63, 3.8) is 0 Å². The lowest BCUT2D eigenvalue weighted by molar-refractivity contribution is -0.216. The molecule has 6 atom stereocenters. The summed E-state index contributed by atoms with van der Waals surface area (Å²) >= 11 is 0. The molecule has 6 unspecified atom stereocenters. The summed E-state index contributed by atoms with van der Waals surface area (Å²) in [4.78, 5) is 2.29. The molecular weight excluding hydrogens is 591 g/mol. The standard InChI is InChI=1S/C33H34F7NO3/c1-20(23-15-24(32(35,36)37)17-25(16-23)33(38,39)40)44-31-30(22-7-9-26(34)10-8-22)28(12-14-43-31)29-18-27(42)11-13-41(29)19-21-5-3-2-4-6-21/h2-10,15-17,20,27-31,42H,11-14,18-19H2,1H3. The summed E-state index contributed by atoms with van der Waals surface area (Å²) in [6, 6.07) is 16.9. The Kier molecular flexibility index (Phi) is 9.69. The van der Waals surface area contributed by atoms with Gasteiger partial charge in [0.1, 0.15) is 5.82 Å². The number of aliphatic hydroxyl groups excluding tert-OH is 1. The first-order valence-corrected chi connectivity index (χ1v) is 14.6. The first-order chi connectivity index (χ1) is 20.8. The van der Waals surface area contributed by atoms with Gasteiger partial charge < -0.3 is 14.6 Å². The van der Waals surface area contributed by atoms with Gasteiger partial charge in [-0.15, -0.1) is 0 Å². The fourth-order valence-electron chi connectivity index (χ4n) is 6.43. The van der Waals surface area contributed by atoms with Crippen molar-refractivity contribution < 1.29 is 45.3 Å². The minimum atomic E-state index is -5.00. The van der Waals surface area contributed by atoms with Crippen molar-refractivity contribution in [2.45, 2.75) is 75.5 Å². The van der Waals surface area contributed by atoms with Gasteiger partial charge in [-0.1, -0.05) is 42.5 Å². The van der Waals surface area contributed by atoms with E-state index in [1.807, 2.05) is 30.3 Å². The summed E-state index contributed by atoms with van der Waals surface area (Å²) in [5.41, 5.74) is -1.40. The minimum Gasteiger partial charge on any atom is -0.393 e. The number of hydrogen-bond donors (Lipinski definition) is 1. The zero-order chi connectivity index (χ0) is 31.6. The molecule has 1 N–H and O–H groups in total. The number of ether oxygens (including phenoxy) is 2. The van der Waals surface area contributed by atoms with Crippen LogP contribution in [0.15, 0.2) is 72.8 Å². The average Bonchev–Trinajstić information content (AvgIpc) is 2.98. The third kappa shape index (κ3) is 7.62. The third-order valence-electron chi connectivity index (χ3n) is 8.62. The van der Waals surface area contributed by atoms with Crippen LogP contribution in [0.4, 0.5) is 30.7 Å². The molecule has 0 aliphatic carbocycles. The van der Waals surface area contributed by atoms with Crippen LogP contribution in [0.5, 0.6) is 0 Å². The van der Waals surface area contributed by atoms with Crippen molar-refractivity contribution in [1.82, 2.24) is 4.90 Å². The minimum absolute atomic E-state index is 0.0837. The van der Waals surface area contributed by atoms with Crippen LogP contribution in [0.25, 0.3) is 0 Å². The second kappa shape index (κ2) is 13.2. The number of halogens is 7. The number of rotatable bonds is 7. The maximum Gasteiger partial charge on any atom is 0.416 e. The second-order valence-corrected chi connectivity index (χ2v) is 11.6. The number of aliphatic hydroxyl groups is 1. The molecule has 238 valence electrons. The summed E-state index contributed by atoms with van der Waals surface area (Å²) in [7, 11) is 0. The van der Waals surface area contributed by atoms with Gasteiger partial charge in [0.2, 0.25) is 0 Å². The van der Waals surface area contributed by atoms with E-state index in [2.05, 4.69) is 4.90 Å². The van der Waals surface area contributed by atoms with Crippen LogP contribution in [0, 0.1) is 11.7 Å². The zero-order valence-electron chi connectivity index (χ0n) is 24.0. The summed E-state index contributed by atoms with van der Waals surface area (Å²) in [5.74, 6) is -1.19. The van der Waals surface area contributed by atoms with Crippen LogP contribution >= 0.6 is 0 Å². The lowest BCUT2D eigenvalue weighted by atomic mass is 9.74. The fourth-order valence-corrected chi connectivity index (χ4v) is 6.43. The molecule has 2 aliphatic heterocycles. The van der Waals surface area contributed by atoms with E-state index in [9.17, 15) is 35.8 Å². The van der Waals surface area contributed by atoms with E-state index in [4.69, 9.17) is 9.47 Å². The van der Waals surface area contributed by atoms with Gasteiger partial charge in [-0.25, -0.2) is 4.39 Å². The predicted octanol–water partition coefficient (Wildman–Crippen LogP) is 8.11. The molecule has 3 aromatic rings. The van der Waals surface area contributed by atoms with Gasteiger partial charge in [-0.3, -0.25) is 4.90 Å². The molecule has 3 aromatic carbocycles. The summed E-state index contributed by atoms with van der Waals surface area (Å²) in [6.45, 7) is 2.86. The van der Waals surface area contributed by atoms with Crippen molar-refractivity contribution in [3.05, 3.63) is 106 Å². The Morgan fingerprint density at radius 1 is 0.909 bits per heavy atom. The Bertz CT molecular complexity index is 1350. The van der Waals surface area contributed by atoms with Crippen LogP contribution in [-0.2, 0) is 28.4 Å². The molecule has 0 saturated carbocycles. The van der Waals surface area contributed by atoms with Crippen LogP contribution in [-0.4, -0.2) is 41.6 Å². The fraction of sp³-hybridized carbons (Fsp3) is 0.455. The molecule has 0 aromatic heterocycles. The lowest BCUT2D eigenvalue weighted by Crippen LogP contribution is -2.52. The van der Waals surface area contributed by atoms with Gasteiger partial charge in [0.15, 0.2) is 6.29 Å². The molecule has 2 saturated heterocycles. The highest BCUT2D eigenvalue weighted by Crippen LogP contribution is 2.45. The molecule has 0 bridgehead atoms. The van der Waals surface area contributed by atoms with Crippen molar-refractivity contribution in [3.8, 4) is 0 Å². The maximum absolute atomic E-state index is 14.0. The van der Waals surface area contributed by atoms with E-state index < -0.39 is 53.7 Å². The smallest absolute Gasteiger partial charge is 0.393 e. The quantitative estimate of drug-likeness (QED) is 0.270. The molecular formula is C33H34F7NO3. The molecule has 0 amide bonds. The van der Waals surface area contributed by atoms with Crippen molar-refractivity contribution >= 4 is 0 Å². The van der Waals surface area contributed by atoms with Gasteiger partial charge in [-0.05, 0) is 79.1 Å². The third-order valence-corrected chi connectivity index (χ3v) is 8.62. The molecule has 2 fully saturated rings. The lowest BCUT2D eigenvalue weighted by Gasteiger charge is -2.48. The van der Waals surface area contributed by atoms with Crippen LogP contribution in [0.1, 0.15) is 66.0 Å². The molecule has 4 nitrogen and oxygen atoms in total. The maximum atomic E-state index is 14.0. The normalized spacial score (nSPS) is 26.0. The Morgan fingerprint density at radius 2 is 1.55 bits per heavy atom. The molecule has 5 rings (SSSR count). The molecule has 11 heteroatoms. The summed E-state index contributed by atoms with van der Waals surface area (Å²) in [5, 5.41) is 10.7. The van der Waals surface area contributed by atoms with Crippen molar-refractivity contribution in [2.75, 3.05) is 13.2 Å². The Labute approximate surface area is 251 Å². The largest absolute Gasteiger partial charge is 0.416 e. The van der Waals surface area contributed by atoms with Crippen LogP contribution < -0.4 is 0 Å². The van der Waals surface area contributed by atoms with E-state index in [0.29, 0.717) is 50.0 Å². The number of nitrogens with zero attached hydrogens (tertiary/aromatic N) is 1. The van der Waals surface area contributed by atoms with Gasteiger partial charge in [0.25, 0.3) is 0 Å². The predicted molar refractivity (Wildman–Crippen MR) is 149 cm³/mol. The van der Waals surface area contributed by atoms with E-state index in [-0.39, 0.29) is 30.2 Å². The van der Waals surface area contributed by atoms with Gasteiger partial charge in [0, 0.05) is 25.0 Å². The number of piperidine rings is 1. The summed E-state index contributed by atoms with van der Waals surface area (Å²) < 4.78 is 108. The zero-order valence-corrected chi connectivity index (χ0v) is 24.0. The molecule has 0 spiro atoms. The van der Waals surface area contributed by atoms with Crippen molar-refractivity contribution in [1.29, 1.82) is 0 Å². The average molecular weight is 626 g/mol. The van der Waals surface area contributed by atoms with Crippen LogP contribution in [0.3, 0.4) is 0 Å². The molecule has 2 heterocycles. The highest BCUT2D eigenvalue weighted by Gasteiger charge is 2.45. The van der Waals surface area contributed by atoms with Crippen LogP contribution in [0.2, 0.25) is 0 Å². The number of benzene rings is 3. The van der Waals surface area contributed by atoms with Gasteiger partial charge in [0.05, 0.1) is 29.9 Å². The van der Waals surface area contributed by atoms with Gasteiger partial charge >= 0.3 is 12.4 Å². The topological polar surface area (TPSA) is 41.9 Å². The molecule has 2 aliphatic rings. The molecule has 0 radical (unpaired) electrons. The summed E-state index contributed by atoms with van der Waals surface area (Å²) in [6.07, 6.45) is -11.2. The van der Waals surface area contributed by atoms with E-state index in [1.54, 1.807) is 12.1 Å². The van der Waals surface area contributed by atoms with E-state index in [0.717, 1.165) is 5.56 Å². The Morgan fingerprint density at radius 3 is 2.16 bits per heavy atom. The highest BCUT2D eigenvalue weighted by atomic mass is 19.4. The second-order valence-electron chi connectivity index (χ2n) is 11.6. The number of likely N-dealkylation sites (tertiary alicyclic amines) is 1. The Balaban J connectivity index is 1.49. The van der Waals surface area contributed by atoms with E-state index >= 15 is 0 Å². The van der Waals surface area contributed by atoms with Gasteiger partial charge in [-0.2, -0.15) is 26.3 Å².